The van der Waals surface area contributed by atoms with Crippen molar-refractivity contribution in [2.45, 2.75) is 37.3 Å². The lowest BCUT2D eigenvalue weighted by molar-refractivity contribution is 0.168. The van der Waals surface area contributed by atoms with E-state index in [1.165, 1.54) is 0 Å². The van der Waals surface area contributed by atoms with Crippen molar-refractivity contribution in [3.8, 4) is 0 Å². The Morgan fingerprint density at radius 2 is 2.00 bits per heavy atom. The van der Waals surface area contributed by atoms with Crippen LogP contribution in [0.2, 0.25) is 0 Å². The third-order valence-corrected chi connectivity index (χ3v) is 4.81. The number of hydrogen-bond donors (Lipinski definition) is 3. The third kappa shape index (κ3) is 4.49. The molecule has 4 N–H and O–H groups in total. The molecule has 0 spiro atoms. The molecule has 5 nitrogen and oxygen atoms in total. The molecule has 1 aromatic rings. The van der Waals surface area contributed by atoms with Crippen LogP contribution in [0.1, 0.15) is 20.3 Å². The normalized spacial score (nSPS) is 14.9. The molecule has 0 radical (unpaired) electrons. The second-order valence-electron chi connectivity index (χ2n) is 4.60. The Kier molecular flexibility index (Phi) is 5.78. The quantitative estimate of drug-likeness (QED) is 0.695. The van der Waals surface area contributed by atoms with Crippen LogP contribution in [0.15, 0.2) is 29.2 Å². The molecular weight excluding hydrogens is 264 g/mol. The largest absolute Gasteiger partial charge is 0.392 e. The van der Waals surface area contributed by atoms with E-state index in [4.69, 9.17) is 5.73 Å². The van der Waals surface area contributed by atoms with Crippen molar-refractivity contribution in [2.75, 3.05) is 17.6 Å². The SMILES string of the molecule is CCCS(=O)(=O)c1ccccc1NCC(N)C(C)O. The zero-order valence-corrected chi connectivity index (χ0v) is 12.2. The molecule has 0 aliphatic carbocycles. The number of hydrogen-bond acceptors (Lipinski definition) is 5. The Hall–Kier alpha value is -1.11. The fourth-order valence-corrected chi connectivity index (χ4v) is 3.18. The van der Waals surface area contributed by atoms with E-state index in [1.54, 1.807) is 31.2 Å². The summed E-state index contributed by atoms with van der Waals surface area (Å²) in [6, 6.07) is 6.31. The molecule has 108 valence electrons. The molecule has 6 heteroatoms. The fraction of sp³-hybridized carbons (Fsp3) is 0.538. The summed E-state index contributed by atoms with van der Waals surface area (Å²) in [5.74, 6) is 0.119. The smallest absolute Gasteiger partial charge is 0.180 e. The van der Waals surface area contributed by atoms with E-state index in [1.807, 2.05) is 6.92 Å². The summed E-state index contributed by atoms with van der Waals surface area (Å²) in [6.07, 6.45) is -0.0731. The number of nitrogens with two attached hydrogens (primary N) is 1. The van der Waals surface area contributed by atoms with Crippen molar-refractivity contribution in [1.29, 1.82) is 0 Å². The summed E-state index contributed by atoms with van der Waals surface area (Å²) in [4.78, 5) is 0.287. The summed E-state index contributed by atoms with van der Waals surface area (Å²) in [6.45, 7) is 3.75. The number of rotatable bonds is 7. The maximum atomic E-state index is 12.1. The number of para-hydroxylation sites is 1. The standard InChI is InChI=1S/C13H22N2O3S/c1-3-8-19(17,18)13-7-5-4-6-12(13)15-9-11(14)10(2)16/h4-7,10-11,15-16H,3,8-9,14H2,1-2H3. The molecule has 0 aromatic heterocycles. The van der Waals surface area contributed by atoms with Gasteiger partial charge in [-0.05, 0) is 25.5 Å². The number of nitrogens with one attached hydrogen (secondary N) is 1. The zero-order valence-electron chi connectivity index (χ0n) is 11.3. The number of benzene rings is 1. The van der Waals surface area contributed by atoms with Gasteiger partial charge in [0.1, 0.15) is 0 Å². The van der Waals surface area contributed by atoms with E-state index in [9.17, 15) is 13.5 Å². The molecule has 0 bridgehead atoms. The molecule has 2 unspecified atom stereocenters. The minimum absolute atomic E-state index is 0.119. The van der Waals surface area contributed by atoms with Crippen LogP contribution in [0.5, 0.6) is 0 Å². The molecule has 0 aliphatic rings. The summed E-state index contributed by atoms with van der Waals surface area (Å²) in [5, 5.41) is 12.3. The van der Waals surface area contributed by atoms with Crippen LogP contribution in [0.3, 0.4) is 0 Å². The second-order valence-corrected chi connectivity index (χ2v) is 6.68. The molecule has 2 atom stereocenters. The van der Waals surface area contributed by atoms with Crippen LogP contribution in [-0.4, -0.2) is 38.0 Å². The van der Waals surface area contributed by atoms with Crippen LogP contribution >= 0.6 is 0 Å². The number of aliphatic hydroxyl groups excluding tert-OH is 1. The van der Waals surface area contributed by atoms with E-state index in [0.717, 1.165) is 0 Å². The topological polar surface area (TPSA) is 92.4 Å². The van der Waals surface area contributed by atoms with Gasteiger partial charge in [0.15, 0.2) is 9.84 Å². The molecule has 1 aromatic carbocycles. The maximum absolute atomic E-state index is 12.1. The first kappa shape index (κ1) is 15.9. The predicted molar refractivity (Wildman–Crippen MR) is 76.9 cm³/mol. The summed E-state index contributed by atoms with van der Waals surface area (Å²) in [7, 11) is -3.27. The average molecular weight is 286 g/mol. The minimum Gasteiger partial charge on any atom is -0.392 e. The molecule has 0 fully saturated rings. The van der Waals surface area contributed by atoms with E-state index < -0.39 is 22.0 Å². The van der Waals surface area contributed by atoms with Crippen molar-refractivity contribution >= 4 is 15.5 Å². The van der Waals surface area contributed by atoms with E-state index in [0.29, 0.717) is 18.7 Å². The van der Waals surface area contributed by atoms with Crippen molar-refractivity contribution in [1.82, 2.24) is 0 Å². The molecule has 0 amide bonds. The lowest BCUT2D eigenvalue weighted by Crippen LogP contribution is -2.38. The number of aliphatic hydroxyl groups is 1. The van der Waals surface area contributed by atoms with Crippen molar-refractivity contribution < 1.29 is 13.5 Å². The van der Waals surface area contributed by atoms with Gasteiger partial charge in [-0.1, -0.05) is 19.1 Å². The van der Waals surface area contributed by atoms with Crippen LogP contribution < -0.4 is 11.1 Å². The Labute approximate surface area is 114 Å². The van der Waals surface area contributed by atoms with Gasteiger partial charge in [-0.15, -0.1) is 0 Å². The first-order valence-corrected chi connectivity index (χ1v) is 8.03. The highest BCUT2D eigenvalue weighted by Gasteiger charge is 2.18. The van der Waals surface area contributed by atoms with Gasteiger partial charge < -0.3 is 16.2 Å². The van der Waals surface area contributed by atoms with Gasteiger partial charge in [-0.3, -0.25) is 0 Å². The van der Waals surface area contributed by atoms with Crippen LogP contribution in [0.4, 0.5) is 5.69 Å². The van der Waals surface area contributed by atoms with Crippen LogP contribution in [0, 0.1) is 0 Å². The summed E-state index contributed by atoms with van der Waals surface area (Å²) in [5.41, 5.74) is 6.25. The van der Waals surface area contributed by atoms with Gasteiger partial charge in [-0.2, -0.15) is 0 Å². The lowest BCUT2D eigenvalue weighted by atomic mass is 10.2. The van der Waals surface area contributed by atoms with Crippen molar-refractivity contribution in [3.63, 3.8) is 0 Å². The highest BCUT2D eigenvalue weighted by molar-refractivity contribution is 7.91. The fourth-order valence-electron chi connectivity index (χ4n) is 1.66. The van der Waals surface area contributed by atoms with Gasteiger partial charge in [0, 0.05) is 12.6 Å². The van der Waals surface area contributed by atoms with Gasteiger partial charge in [-0.25, -0.2) is 8.42 Å². The van der Waals surface area contributed by atoms with Crippen molar-refractivity contribution in [2.24, 2.45) is 5.73 Å². The molecule has 0 saturated heterocycles. The first-order valence-electron chi connectivity index (χ1n) is 6.37. The highest BCUT2D eigenvalue weighted by atomic mass is 32.2. The summed E-state index contributed by atoms with van der Waals surface area (Å²) < 4.78 is 24.2. The minimum atomic E-state index is -3.27. The lowest BCUT2D eigenvalue weighted by Gasteiger charge is -2.18. The van der Waals surface area contributed by atoms with E-state index >= 15 is 0 Å². The molecule has 0 aliphatic heterocycles. The van der Waals surface area contributed by atoms with Gasteiger partial charge >= 0.3 is 0 Å². The molecular formula is C13H22N2O3S. The molecule has 0 heterocycles. The third-order valence-electron chi connectivity index (χ3n) is 2.84. The maximum Gasteiger partial charge on any atom is 0.180 e. The Bertz CT molecular complexity index is 500. The first-order chi connectivity index (χ1) is 8.88. The van der Waals surface area contributed by atoms with Gasteiger partial charge in [0.2, 0.25) is 0 Å². The van der Waals surface area contributed by atoms with E-state index in [-0.39, 0.29) is 10.6 Å². The predicted octanol–water partition coefficient (Wildman–Crippen LogP) is 0.990. The Balaban J connectivity index is 2.91. The van der Waals surface area contributed by atoms with E-state index in [2.05, 4.69) is 5.32 Å². The van der Waals surface area contributed by atoms with Crippen LogP contribution in [0.25, 0.3) is 0 Å². The Morgan fingerprint density at radius 3 is 2.58 bits per heavy atom. The second kappa shape index (κ2) is 6.88. The molecule has 1 rings (SSSR count). The number of anilines is 1. The van der Waals surface area contributed by atoms with Crippen molar-refractivity contribution in [3.05, 3.63) is 24.3 Å². The molecule has 0 saturated carbocycles. The number of sulfone groups is 1. The van der Waals surface area contributed by atoms with Gasteiger partial charge in [0.25, 0.3) is 0 Å². The average Bonchev–Trinajstić information content (AvgIpc) is 2.36. The molecule has 19 heavy (non-hydrogen) atoms. The van der Waals surface area contributed by atoms with Gasteiger partial charge in [0.05, 0.1) is 22.4 Å². The summed E-state index contributed by atoms with van der Waals surface area (Å²) >= 11 is 0. The van der Waals surface area contributed by atoms with Crippen LogP contribution in [-0.2, 0) is 9.84 Å². The highest BCUT2D eigenvalue weighted by Crippen LogP contribution is 2.22. The zero-order chi connectivity index (χ0) is 14.5. The monoisotopic (exact) mass is 286 g/mol. The Morgan fingerprint density at radius 1 is 1.37 bits per heavy atom.